The van der Waals surface area contributed by atoms with Crippen molar-refractivity contribution in [1.29, 1.82) is 0 Å². The van der Waals surface area contributed by atoms with E-state index in [4.69, 9.17) is 10.5 Å². The summed E-state index contributed by atoms with van der Waals surface area (Å²) in [7, 11) is 1.91. The van der Waals surface area contributed by atoms with Crippen LogP contribution in [0.3, 0.4) is 0 Å². The Morgan fingerprint density at radius 2 is 2.00 bits per heavy atom. The molecule has 2 aliphatic carbocycles. The monoisotopic (exact) mass is 316 g/mol. The molecular formula is C16H29ClN2O2. The third kappa shape index (κ3) is 2.49. The smallest absolute Gasteiger partial charge is 0.243 e. The zero-order valence-corrected chi connectivity index (χ0v) is 14.2. The van der Waals surface area contributed by atoms with Gasteiger partial charge in [0.15, 0.2) is 0 Å². The van der Waals surface area contributed by atoms with Gasteiger partial charge in [0.1, 0.15) is 5.54 Å². The summed E-state index contributed by atoms with van der Waals surface area (Å²) in [5, 5.41) is 0. The lowest BCUT2D eigenvalue weighted by Gasteiger charge is -2.65. The van der Waals surface area contributed by atoms with Crippen molar-refractivity contribution in [3.05, 3.63) is 0 Å². The van der Waals surface area contributed by atoms with E-state index in [1.807, 2.05) is 11.9 Å². The minimum absolute atomic E-state index is 0. The molecular weight excluding hydrogens is 288 g/mol. The Morgan fingerprint density at radius 3 is 2.62 bits per heavy atom. The molecule has 0 bridgehead atoms. The number of rotatable bonds is 4. The number of hydrogen-bond donors (Lipinski definition) is 1. The Balaban J connectivity index is 0.00000161. The van der Waals surface area contributed by atoms with Gasteiger partial charge in [-0.25, -0.2) is 0 Å². The standard InChI is InChI=1S/C16H28N2O2.ClH/c1-15(2)13-12(5-4-10-20-13)16(15,17)14(19)18(3)9-8-11-6-7-11;/h11-13H,4-10,17H2,1-3H3;1H. The van der Waals surface area contributed by atoms with Crippen molar-refractivity contribution in [2.24, 2.45) is 23.0 Å². The van der Waals surface area contributed by atoms with E-state index in [1.54, 1.807) is 0 Å². The van der Waals surface area contributed by atoms with Gasteiger partial charge < -0.3 is 15.4 Å². The molecule has 3 rings (SSSR count). The average molecular weight is 317 g/mol. The van der Waals surface area contributed by atoms with E-state index in [-0.39, 0.29) is 35.8 Å². The molecule has 0 aromatic carbocycles. The predicted molar refractivity (Wildman–Crippen MR) is 85.4 cm³/mol. The summed E-state index contributed by atoms with van der Waals surface area (Å²) < 4.78 is 5.87. The van der Waals surface area contributed by atoms with E-state index in [0.717, 1.165) is 38.3 Å². The molecule has 3 aliphatic rings. The first-order chi connectivity index (χ1) is 9.39. The Kier molecular flexibility index (Phi) is 4.63. The van der Waals surface area contributed by atoms with Gasteiger partial charge in [0.25, 0.3) is 0 Å². The summed E-state index contributed by atoms with van der Waals surface area (Å²) in [6.45, 7) is 5.83. The minimum Gasteiger partial charge on any atom is -0.377 e. The second-order valence-electron chi connectivity index (χ2n) is 7.59. The van der Waals surface area contributed by atoms with Gasteiger partial charge in [0, 0.05) is 31.5 Å². The molecule has 3 atom stereocenters. The molecule has 0 radical (unpaired) electrons. The summed E-state index contributed by atoms with van der Waals surface area (Å²) in [6.07, 6.45) is 5.99. The molecule has 2 saturated carbocycles. The molecule has 122 valence electrons. The first-order valence-corrected chi connectivity index (χ1v) is 8.05. The lowest BCUT2D eigenvalue weighted by Crippen LogP contribution is -2.82. The molecule has 1 amide bonds. The van der Waals surface area contributed by atoms with E-state index in [2.05, 4.69) is 13.8 Å². The van der Waals surface area contributed by atoms with Crippen LogP contribution in [-0.4, -0.2) is 42.6 Å². The number of nitrogens with two attached hydrogens (primary N) is 1. The highest BCUT2D eigenvalue weighted by Gasteiger charge is 2.70. The minimum atomic E-state index is -0.740. The molecule has 0 aromatic heterocycles. The number of nitrogens with zero attached hydrogens (tertiary/aromatic N) is 1. The number of hydrogen-bond acceptors (Lipinski definition) is 3. The van der Waals surface area contributed by atoms with Gasteiger partial charge in [-0.15, -0.1) is 12.4 Å². The summed E-state index contributed by atoms with van der Waals surface area (Å²) in [5.41, 5.74) is 5.63. The summed E-state index contributed by atoms with van der Waals surface area (Å²) in [6, 6.07) is 0. The van der Waals surface area contributed by atoms with E-state index >= 15 is 0 Å². The van der Waals surface area contributed by atoms with Crippen molar-refractivity contribution in [3.8, 4) is 0 Å². The highest BCUT2D eigenvalue weighted by Crippen LogP contribution is 2.57. The van der Waals surface area contributed by atoms with Gasteiger partial charge in [-0.2, -0.15) is 0 Å². The van der Waals surface area contributed by atoms with Crippen molar-refractivity contribution in [3.63, 3.8) is 0 Å². The van der Waals surface area contributed by atoms with Crippen LogP contribution in [-0.2, 0) is 9.53 Å². The summed E-state index contributed by atoms with van der Waals surface area (Å²) in [5.74, 6) is 1.16. The van der Waals surface area contributed by atoms with Crippen molar-refractivity contribution in [2.45, 2.75) is 57.6 Å². The lowest BCUT2D eigenvalue weighted by molar-refractivity contribution is -0.229. The molecule has 3 fully saturated rings. The van der Waals surface area contributed by atoms with Gasteiger partial charge in [-0.1, -0.05) is 26.7 Å². The molecule has 21 heavy (non-hydrogen) atoms. The maximum atomic E-state index is 12.9. The molecule has 2 N–H and O–H groups in total. The largest absolute Gasteiger partial charge is 0.377 e. The van der Waals surface area contributed by atoms with Gasteiger partial charge in [0.05, 0.1) is 6.10 Å². The van der Waals surface area contributed by atoms with Crippen LogP contribution in [0.15, 0.2) is 0 Å². The fourth-order valence-electron chi connectivity index (χ4n) is 4.21. The summed E-state index contributed by atoms with van der Waals surface area (Å²) >= 11 is 0. The maximum absolute atomic E-state index is 12.9. The van der Waals surface area contributed by atoms with Crippen LogP contribution in [0.2, 0.25) is 0 Å². The van der Waals surface area contributed by atoms with Crippen molar-refractivity contribution < 1.29 is 9.53 Å². The first kappa shape index (κ1) is 17.0. The number of fused-ring (bicyclic) bond motifs is 1. The molecule has 5 heteroatoms. The Labute approximate surface area is 134 Å². The topological polar surface area (TPSA) is 55.6 Å². The molecule has 3 unspecified atom stereocenters. The van der Waals surface area contributed by atoms with Crippen LogP contribution < -0.4 is 5.73 Å². The third-order valence-electron chi connectivity index (χ3n) is 5.95. The number of carbonyl (C=O) groups excluding carboxylic acids is 1. The predicted octanol–water partition coefficient (Wildman–Crippen LogP) is 2.20. The zero-order chi connectivity index (χ0) is 14.5. The highest BCUT2D eigenvalue weighted by molar-refractivity contribution is 5.89. The molecule has 1 heterocycles. The van der Waals surface area contributed by atoms with Crippen molar-refractivity contribution >= 4 is 18.3 Å². The lowest BCUT2D eigenvalue weighted by atomic mass is 9.46. The van der Waals surface area contributed by atoms with Gasteiger partial charge >= 0.3 is 0 Å². The van der Waals surface area contributed by atoms with Gasteiger partial charge in [-0.3, -0.25) is 4.79 Å². The third-order valence-corrected chi connectivity index (χ3v) is 5.95. The molecule has 1 saturated heterocycles. The van der Waals surface area contributed by atoms with E-state index in [0.29, 0.717) is 0 Å². The van der Waals surface area contributed by atoms with Crippen molar-refractivity contribution in [2.75, 3.05) is 20.2 Å². The van der Waals surface area contributed by atoms with Crippen molar-refractivity contribution in [1.82, 2.24) is 4.90 Å². The Morgan fingerprint density at radius 1 is 1.33 bits per heavy atom. The first-order valence-electron chi connectivity index (χ1n) is 8.05. The number of halogens is 1. The zero-order valence-electron chi connectivity index (χ0n) is 13.4. The fraction of sp³-hybridized carbons (Fsp3) is 0.938. The average Bonchev–Trinajstić information content (AvgIpc) is 3.27. The van der Waals surface area contributed by atoms with E-state index in [1.165, 1.54) is 12.8 Å². The number of ether oxygens (including phenoxy) is 1. The van der Waals surface area contributed by atoms with E-state index in [9.17, 15) is 4.79 Å². The Bertz CT molecular complexity index is 411. The number of likely N-dealkylation sites (N-methyl/N-ethyl adjacent to an activating group) is 1. The second kappa shape index (κ2) is 5.71. The molecule has 0 aromatic rings. The number of carbonyl (C=O) groups is 1. The van der Waals surface area contributed by atoms with Crippen LogP contribution in [0.5, 0.6) is 0 Å². The van der Waals surface area contributed by atoms with Crippen LogP contribution >= 0.6 is 12.4 Å². The maximum Gasteiger partial charge on any atom is 0.243 e. The van der Waals surface area contributed by atoms with Crippen LogP contribution in [0.25, 0.3) is 0 Å². The van der Waals surface area contributed by atoms with Gasteiger partial charge in [0.2, 0.25) is 5.91 Å². The summed E-state index contributed by atoms with van der Waals surface area (Å²) in [4.78, 5) is 14.8. The quantitative estimate of drug-likeness (QED) is 0.865. The molecule has 4 nitrogen and oxygen atoms in total. The highest BCUT2D eigenvalue weighted by atomic mass is 35.5. The Hall–Kier alpha value is -0.320. The van der Waals surface area contributed by atoms with Crippen LogP contribution in [0, 0.1) is 17.3 Å². The number of amides is 1. The fourth-order valence-corrected chi connectivity index (χ4v) is 4.21. The molecule has 0 spiro atoms. The van der Waals surface area contributed by atoms with E-state index < -0.39 is 5.54 Å². The van der Waals surface area contributed by atoms with Crippen LogP contribution in [0.4, 0.5) is 0 Å². The SMILES string of the molecule is CN(CCC1CC1)C(=O)C1(N)C2CCCOC2C1(C)C.Cl. The molecule has 1 aliphatic heterocycles. The normalized spacial score (nSPS) is 37.0. The van der Waals surface area contributed by atoms with Crippen LogP contribution in [0.1, 0.15) is 46.0 Å². The van der Waals surface area contributed by atoms with Gasteiger partial charge in [-0.05, 0) is 25.2 Å². The second-order valence-corrected chi connectivity index (χ2v) is 7.59.